The fraction of sp³-hybridized carbons (Fsp3) is 0.176. The summed E-state index contributed by atoms with van der Waals surface area (Å²) in [6.45, 7) is 1.32. The molecule has 3 nitrogen and oxygen atoms in total. The topological polar surface area (TPSA) is 34.2 Å². The minimum atomic E-state index is 0.656. The highest BCUT2D eigenvalue weighted by Crippen LogP contribution is 2.19. The van der Waals surface area contributed by atoms with Crippen LogP contribution in [0.3, 0.4) is 0 Å². The SMILES string of the molecule is c1ccc(OCCCOc2ccc3[nH]ccc3c2)cc1. The quantitative estimate of drug-likeness (QED) is 0.684. The summed E-state index contributed by atoms with van der Waals surface area (Å²) in [4.78, 5) is 3.17. The summed E-state index contributed by atoms with van der Waals surface area (Å²) in [5.74, 6) is 1.80. The summed E-state index contributed by atoms with van der Waals surface area (Å²) >= 11 is 0. The van der Waals surface area contributed by atoms with Crippen LogP contribution in [0.25, 0.3) is 10.9 Å². The van der Waals surface area contributed by atoms with Crippen LogP contribution in [0.5, 0.6) is 11.5 Å². The number of ether oxygens (including phenoxy) is 2. The number of benzene rings is 2. The monoisotopic (exact) mass is 267 g/mol. The predicted octanol–water partition coefficient (Wildman–Crippen LogP) is 4.02. The third kappa shape index (κ3) is 3.12. The number of fused-ring (bicyclic) bond motifs is 1. The number of para-hydroxylation sites is 1. The third-order valence-corrected chi connectivity index (χ3v) is 3.09. The summed E-state index contributed by atoms with van der Waals surface area (Å²) in [6.07, 6.45) is 2.79. The Morgan fingerprint density at radius 2 is 1.60 bits per heavy atom. The number of aromatic amines is 1. The molecule has 0 aliphatic rings. The van der Waals surface area contributed by atoms with Crippen molar-refractivity contribution in [2.45, 2.75) is 6.42 Å². The first-order valence-electron chi connectivity index (χ1n) is 6.79. The Labute approximate surface area is 118 Å². The van der Waals surface area contributed by atoms with Crippen LogP contribution in [0.2, 0.25) is 0 Å². The van der Waals surface area contributed by atoms with Crippen LogP contribution < -0.4 is 9.47 Å². The Balaban J connectivity index is 1.43. The lowest BCUT2D eigenvalue weighted by molar-refractivity contribution is 0.247. The van der Waals surface area contributed by atoms with Crippen LogP contribution in [0.1, 0.15) is 6.42 Å². The molecule has 0 fully saturated rings. The van der Waals surface area contributed by atoms with E-state index in [9.17, 15) is 0 Å². The zero-order valence-corrected chi connectivity index (χ0v) is 11.2. The Hall–Kier alpha value is -2.42. The Morgan fingerprint density at radius 3 is 2.45 bits per heavy atom. The van der Waals surface area contributed by atoms with Crippen LogP contribution in [0.15, 0.2) is 60.8 Å². The lowest BCUT2D eigenvalue weighted by atomic mass is 10.2. The van der Waals surface area contributed by atoms with Gasteiger partial charge in [-0.05, 0) is 36.4 Å². The van der Waals surface area contributed by atoms with E-state index in [4.69, 9.17) is 9.47 Å². The van der Waals surface area contributed by atoms with Gasteiger partial charge in [0.1, 0.15) is 11.5 Å². The molecule has 1 N–H and O–H groups in total. The van der Waals surface area contributed by atoms with E-state index in [1.54, 1.807) is 0 Å². The van der Waals surface area contributed by atoms with Crippen LogP contribution in [0.4, 0.5) is 0 Å². The molecule has 1 aromatic heterocycles. The van der Waals surface area contributed by atoms with Crippen molar-refractivity contribution < 1.29 is 9.47 Å². The van der Waals surface area contributed by atoms with Gasteiger partial charge in [0.2, 0.25) is 0 Å². The second-order valence-electron chi connectivity index (χ2n) is 4.59. The Bertz CT molecular complexity index is 661. The predicted molar refractivity (Wildman–Crippen MR) is 80.3 cm³/mol. The zero-order chi connectivity index (χ0) is 13.6. The maximum Gasteiger partial charge on any atom is 0.120 e. The number of H-pyrrole nitrogens is 1. The van der Waals surface area contributed by atoms with Gasteiger partial charge in [0.15, 0.2) is 0 Å². The fourth-order valence-corrected chi connectivity index (χ4v) is 2.08. The summed E-state index contributed by atoms with van der Waals surface area (Å²) in [5, 5.41) is 1.17. The molecule has 0 spiro atoms. The molecule has 3 heteroatoms. The minimum absolute atomic E-state index is 0.656. The van der Waals surface area contributed by atoms with Gasteiger partial charge in [-0.1, -0.05) is 18.2 Å². The summed E-state index contributed by atoms with van der Waals surface area (Å²) in [6, 6.07) is 17.9. The third-order valence-electron chi connectivity index (χ3n) is 3.09. The molecule has 0 radical (unpaired) electrons. The Morgan fingerprint density at radius 1 is 0.800 bits per heavy atom. The molecule has 0 unspecified atom stereocenters. The summed E-state index contributed by atoms with van der Waals surface area (Å²) < 4.78 is 11.3. The lowest BCUT2D eigenvalue weighted by Crippen LogP contribution is -2.04. The van der Waals surface area contributed by atoms with Crippen LogP contribution in [0, 0.1) is 0 Å². The van der Waals surface area contributed by atoms with Crippen molar-refractivity contribution >= 4 is 10.9 Å². The van der Waals surface area contributed by atoms with E-state index in [1.807, 2.05) is 60.8 Å². The Kier molecular flexibility index (Phi) is 3.88. The number of hydrogen-bond acceptors (Lipinski definition) is 2. The molecule has 3 rings (SSSR count). The largest absolute Gasteiger partial charge is 0.493 e. The number of aromatic nitrogens is 1. The standard InChI is InChI=1S/C17H17NO2/c1-2-5-15(6-3-1)19-11-4-12-20-16-7-8-17-14(13-16)9-10-18-17/h1-3,5-10,13,18H,4,11-12H2. The lowest BCUT2D eigenvalue weighted by Gasteiger charge is -2.08. The molecule has 0 saturated carbocycles. The van der Waals surface area contributed by atoms with Crippen molar-refractivity contribution in [3.63, 3.8) is 0 Å². The van der Waals surface area contributed by atoms with Gasteiger partial charge < -0.3 is 14.5 Å². The van der Waals surface area contributed by atoms with E-state index in [0.29, 0.717) is 13.2 Å². The average molecular weight is 267 g/mol. The van der Waals surface area contributed by atoms with Crippen LogP contribution in [-0.2, 0) is 0 Å². The van der Waals surface area contributed by atoms with Gasteiger partial charge in [-0.2, -0.15) is 0 Å². The van der Waals surface area contributed by atoms with E-state index in [0.717, 1.165) is 23.4 Å². The highest BCUT2D eigenvalue weighted by Gasteiger charge is 1.98. The maximum atomic E-state index is 5.73. The van der Waals surface area contributed by atoms with Crippen molar-refractivity contribution in [3.05, 3.63) is 60.8 Å². The molecule has 20 heavy (non-hydrogen) atoms. The molecule has 1 heterocycles. The van der Waals surface area contributed by atoms with Crippen molar-refractivity contribution in [3.8, 4) is 11.5 Å². The molecule has 2 aromatic carbocycles. The first kappa shape index (κ1) is 12.6. The first-order valence-corrected chi connectivity index (χ1v) is 6.79. The molecule has 0 aliphatic heterocycles. The number of hydrogen-bond donors (Lipinski definition) is 1. The van der Waals surface area contributed by atoms with E-state index < -0.39 is 0 Å². The van der Waals surface area contributed by atoms with Gasteiger partial charge in [-0.15, -0.1) is 0 Å². The molecule has 0 saturated heterocycles. The molecule has 0 atom stereocenters. The smallest absolute Gasteiger partial charge is 0.120 e. The van der Waals surface area contributed by atoms with Gasteiger partial charge in [0.25, 0.3) is 0 Å². The van der Waals surface area contributed by atoms with Gasteiger partial charge in [-0.25, -0.2) is 0 Å². The highest BCUT2D eigenvalue weighted by atomic mass is 16.5. The van der Waals surface area contributed by atoms with E-state index >= 15 is 0 Å². The van der Waals surface area contributed by atoms with Gasteiger partial charge in [0, 0.05) is 23.5 Å². The van der Waals surface area contributed by atoms with Crippen molar-refractivity contribution in [2.75, 3.05) is 13.2 Å². The molecule has 0 amide bonds. The minimum Gasteiger partial charge on any atom is -0.493 e. The van der Waals surface area contributed by atoms with Crippen LogP contribution >= 0.6 is 0 Å². The molecular weight excluding hydrogens is 250 g/mol. The zero-order valence-electron chi connectivity index (χ0n) is 11.2. The molecule has 0 bridgehead atoms. The second-order valence-corrected chi connectivity index (χ2v) is 4.59. The first-order chi connectivity index (χ1) is 9.92. The van der Waals surface area contributed by atoms with E-state index in [1.165, 1.54) is 5.39 Å². The maximum absolute atomic E-state index is 5.73. The molecule has 102 valence electrons. The van der Waals surface area contributed by atoms with Gasteiger partial charge in [0.05, 0.1) is 13.2 Å². The van der Waals surface area contributed by atoms with Crippen molar-refractivity contribution in [1.82, 2.24) is 4.98 Å². The van der Waals surface area contributed by atoms with E-state index in [2.05, 4.69) is 4.98 Å². The molecule has 3 aromatic rings. The number of nitrogens with one attached hydrogen (secondary N) is 1. The van der Waals surface area contributed by atoms with Crippen LogP contribution in [-0.4, -0.2) is 18.2 Å². The molecular formula is C17H17NO2. The fourth-order valence-electron chi connectivity index (χ4n) is 2.08. The highest BCUT2D eigenvalue weighted by molar-refractivity contribution is 5.80. The molecule has 0 aliphatic carbocycles. The van der Waals surface area contributed by atoms with E-state index in [-0.39, 0.29) is 0 Å². The van der Waals surface area contributed by atoms with Gasteiger partial charge in [-0.3, -0.25) is 0 Å². The van der Waals surface area contributed by atoms with Crippen molar-refractivity contribution in [1.29, 1.82) is 0 Å². The van der Waals surface area contributed by atoms with Crippen molar-refractivity contribution in [2.24, 2.45) is 0 Å². The number of rotatable bonds is 6. The second kappa shape index (κ2) is 6.15. The summed E-state index contributed by atoms with van der Waals surface area (Å²) in [7, 11) is 0. The average Bonchev–Trinajstić information content (AvgIpc) is 2.95. The summed E-state index contributed by atoms with van der Waals surface area (Å²) in [5.41, 5.74) is 1.13. The normalized spacial score (nSPS) is 10.6. The van der Waals surface area contributed by atoms with Gasteiger partial charge >= 0.3 is 0 Å².